The van der Waals surface area contributed by atoms with Gasteiger partial charge in [0, 0.05) is 5.54 Å². The van der Waals surface area contributed by atoms with Gasteiger partial charge >= 0.3 is 0 Å². The van der Waals surface area contributed by atoms with Crippen molar-refractivity contribution < 1.29 is 0 Å². The summed E-state index contributed by atoms with van der Waals surface area (Å²) in [6, 6.07) is 0. The monoisotopic (exact) mass is 181 g/mol. The van der Waals surface area contributed by atoms with Crippen molar-refractivity contribution in [3.8, 4) is 0 Å². The summed E-state index contributed by atoms with van der Waals surface area (Å²) in [6.07, 6.45) is 1.50. The Labute approximate surface area is 93.0 Å². The van der Waals surface area contributed by atoms with Crippen molar-refractivity contribution in [2.75, 3.05) is 0 Å². The summed E-state index contributed by atoms with van der Waals surface area (Å²) in [5.74, 6) is -0.512. The van der Waals surface area contributed by atoms with Crippen molar-refractivity contribution in [2.24, 2.45) is 0 Å². The van der Waals surface area contributed by atoms with E-state index < -0.39 is 5.21 Å². The third-order valence-electron chi connectivity index (χ3n) is 3.33. The molecule has 1 nitrogen and oxygen atoms in total. The maximum atomic E-state index is 6.00. The molecule has 8 radical (unpaired) electrons. The van der Waals surface area contributed by atoms with Crippen molar-refractivity contribution in [3.63, 3.8) is 0 Å². The van der Waals surface area contributed by atoms with Gasteiger partial charge in [0.05, 0.1) is 31.4 Å². The zero-order valence-electron chi connectivity index (χ0n) is 9.33. The van der Waals surface area contributed by atoms with Crippen LogP contribution in [0, 0.1) is 0 Å². The molecule has 0 aromatic carbocycles. The molecule has 0 spiro atoms. The van der Waals surface area contributed by atoms with Gasteiger partial charge in [-0.05, 0) is 32.2 Å². The van der Waals surface area contributed by atoms with Crippen LogP contribution < -0.4 is 0 Å². The molecule has 1 rings (SSSR count). The maximum absolute atomic E-state index is 6.00. The molecule has 2 unspecified atom stereocenters. The smallest absolute Gasteiger partial charge is 0.0909 e. The molecule has 1 heterocycles. The van der Waals surface area contributed by atoms with Gasteiger partial charge < -0.3 is 4.90 Å². The molecule has 68 valence electrons. The van der Waals surface area contributed by atoms with Gasteiger partial charge in [0.2, 0.25) is 0 Å². The molecule has 1 aliphatic rings. The van der Waals surface area contributed by atoms with E-state index in [4.69, 9.17) is 31.4 Å². The fraction of sp³-hybridized carbons (Fsp3) is 1.00. The van der Waals surface area contributed by atoms with Gasteiger partial charge in [-0.3, -0.25) is 0 Å². The minimum atomic E-state index is -0.869. The number of rotatable bonds is 2. The van der Waals surface area contributed by atoms with E-state index >= 15 is 0 Å². The molecule has 14 heavy (non-hydrogen) atoms. The normalized spacial score (nSPS) is 33.4. The topological polar surface area (TPSA) is 3.24 Å². The lowest BCUT2D eigenvalue weighted by Crippen LogP contribution is -2.52. The van der Waals surface area contributed by atoms with Crippen LogP contribution in [0.25, 0.3) is 0 Å². The van der Waals surface area contributed by atoms with Crippen LogP contribution in [0.3, 0.4) is 0 Å². The highest BCUT2D eigenvalue weighted by Crippen LogP contribution is 2.43. The van der Waals surface area contributed by atoms with Crippen molar-refractivity contribution in [1.82, 2.24) is 4.90 Å². The standard InChI is InChI=1S/C9H15B4N/c1-4-8(2,3)14-6(10)5-9(12,13)7(14)11/h6-7H,4-5H2,1-3H3. The van der Waals surface area contributed by atoms with E-state index in [1.807, 2.05) is 4.90 Å². The molecule has 0 aromatic rings. The predicted molar refractivity (Wildman–Crippen MR) is 64.1 cm³/mol. The largest absolute Gasteiger partial charge is 0.311 e. The lowest BCUT2D eigenvalue weighted by atomic mass is 9.46. The molecule has 0 amide bonds. The summed E-state index contributed by atoms with van der Waals surface area (Å²) < 4.78 is 0. The Morgan fingerprint density at radius 3 is 2.14 bits per heavy atom. The fourth-order valence-electron chi connectivity index (χ4n) is 2.05. The molecule has 0 N–H and O–H groups in total. The van der Waals surface area contributed by atoms with E-state index in [1.165, 1.54) is 0 Å². The van der Waals surface area contributed by atoms with Crippen LogP contribution in [0.15, 0.2) is 0 Å². The zero-order valence-corrected chi connectivity index (χ0v) is 9.33. The number of nitrogens with zero attached hydrogens (tertiary/aromatic N) is 1. The first-order valence-corrected chi connectivity index (χ1v) is 5.10. The lowest BCUT2D eigenvalue weighted by Gasteiger charge is -2.44. The molecule has 0 bridgehead atoms. The van der Waals surface area contributed by atoms with Crippen molar-refractivity contribution in [3.05, 3.63) is 0 Å². The Balaban J connectivity index is 2.90. The number of likely N-dealkylation sites (tertiary alicyclic amines) is 1. The van der Waals surface area contributed by atoms with Crippen molar-refractivity contribution >= 4 is 31.4 Å². The molecule has 1 fully saturated rings. The van der Waals surface area contributed by atoms with Crippen LogP contribution in [-0.4, -0.2) is 53.7 Å². The summed E-state index contributed by atoms with van der Waals surface area (Å²) in [5.41, 5.74) is -0.0562. The summed E-state index contributed by atoms with van der Waals surface area (Å²) in [6.45, 7) is 6.31. The number of hydrogen-bond acceptors (Lipinski definition) is 1. The van der Waals surface area contributed by atoms with Crippen molar-refractivity contribution in [2.45, 2.75) is 56.2 Å². The second-order valence-electron chi connectivity index (χ2n) is 4.90. The second kappa shape index (κ2) is 3.66. The first-order chi connectivity index (χ1) is 6.22. The quantitative estimate of drug-likeness (QED) is 0.554. The van der Waals surface area contributed by atoms with Crippen LogP contribution in [0.1, 0.15) is 33.6 Å². The van der Waals surface area contributed by atoms with E-state index in [-0.39, 0.29) is 17.4 Å². The Hall–Kier alpha value is 0.220. The Kier molecular flexibility index (Phi) is 3.21. The van der Waals surface area contributed by atoms with E-state index in [2.05, 4.69) is 20.8 Å². The third-order valence-corrected chi connectivity index (χ3v) is 3.33. The molecular weight excluding hydrogens is 165 g/mol. The molecule has 0 saturated carbocycles. The molecule has 1 saturated heterocycles. The molecule has 5 heteroatoms. The average Bonchev–Trinajstić information content (AvgIpc) is 2.22. The summed E-state index contributed by atoms with van der Waals surface area (Å²) in [7, 11) is 23.8. The van der Waals surface area contributed by atoms with Gasteiger partial charge in [-0.2, -0.15) is 0 Å². The highest BCUT2D eigenvalue weighted by Gasteiger charge is 2.44. The fourth-order valence-corrected chi connectivity index (χ4v) is 2.05. The van der Waals surface area contributed by atoms with Crippen LogP contribution >= 0.6 is 0 Å². The van der Waals surface area contributed by atoms with E-state index in [0.717, 1.165) is 6.42 Å². The van der Waals surface area contributed by atoms with Crippen LogP contribution in [-0.2, 0) is 0 Å². The van der Waals surface area contributed by atoms with Crippen LogP contribution in [0.5, 0.6) is 0 Å². The summed E-state index contributed by atoms with van der Waals surface area (Å²) in [5, 5.41) is -0.869. The zero-order chi connectivity index (χ0) is 11.1. The molecular formula is C9H15B4N. The minimum Gasteiger partial charge on any atom is -0.311 e. The van der Waals surface area contributed by atoms with Gasteiger partial charge in [0.1, 0.15) is 0 Å². The van der Waals surface area contributed by atoms with Crippen molar-refractivity contribution in [1.29, 1.82) is 0 Å². The average molecular weight is 180 g/mol. The molecule has 0 aliphatic carbocycles. The van der Waals surface area contributed by atoms with E-state index in [1.54, 1.807) is 0 Å². The van der Waals surface area contributed by atoms with Gasteiger partial charge in [-0.1, -0.05) is 18.6 Å². The van der Waals surface area contributed by atoms with E-state index in [9.17, 15) is 0 Å². The highest BCUT2D eigenvalue weighted by molar-refractivity contribution is 6.44. The molecule has 2 atom stereocenters. The Morgan fingerprint density at radius 1 is 1.36 bits per heavy atom. The van der Waals surface area contributed by atoms with Gasteiger partial charge in [0.25, 0.3) is 0 Å². The van der Waals surface area contributed by atoms with Gasteiger partial charge in [-0.15, -0.1) is 0 Å². The maximum Gasteiger partial charge on any atom is 0.0909 e. The lowest BCUT2D eigenvalue weighted by molar-refractivity contribution is 0.117. The first kappa shape index (κ1) is 12.3. The van der Waals surface area contributed by atoms with Gasteiger partial charge in [0.15, 0.2) is 0 Å². The Bertz CT molecular complexity index is 217. The van der Waals surface area contributed by atoms with Gasteiger partial charge in [-0.25, -0.2) is 0 Å². The number of hydrogen-bond donors (Lipinski definition) is 0. The predicted octanol–water partition coefficient (Wildman–Crippen LogP) is 0.323. The summed E-state index contributed by atoms with van der Waals surface area (Å²) >= 11 is 0. The van der Waals surface area contributed by atoms with Crippen LogP contribution in [0.2, 0.25) is 5.21 Å². The molecule has 0 aromatic heterocycles. The second-order valence-corrected chi connectivity index (χ2v) is 4.90. The minimum absolute atomic E-state index is 0.0562. The summed E-state index contributed by atoms with van der Waals surface area (Å²) in [4.78, 5) is 2.02. The van der Waals surface area contributed by atoms with Crippen LogP contribution in [0.4, 0.5) is 0 Å². The highest BCUT2D eigenvalue weighted by atomic mass is 15.2. The molecule has 1 aliphatic heterocycles. The first-order valence-electron chi connectivity index (χ1n) is 5.10. The third kappa shape index (κ3) is 1.93. The van der Waals surface area contributed by atoms with E-state index in [0.29, 0.717) is 6.42 Å². The Morgan fingerprint density at radius 2 is 1.86 bits per heavy atom. The SMILES string of the molecule is [B]C1CC([B])([B])C([B])N1C(C)(C)CC.